The van der Waals surface area contributed by atoms with E-state index in [-0.39, 0.29) is 5.91 Å². The molecule has 3 N–H and O–H groups in total. The molecule has 0 aliphatic heterocycles. The summed E-state index contributed by atoms with van der Waals surface area (Å²) < 4.78 is 5.15. The van der Waals surface area contributed by atoms with Gasteiger partial charge in [-0.25, -0.2) is 0 Å². The van der Waals surface area contributed by atoms with Crippen molar-refractivity contribution in [2.24, 2.45) is 5.73 Å². The molecule has 2 aromatic heterocycles. The van der Waals surface area contributed by atoms with Crippen LogP contribution < -0.4 is 11.1 Å². The van der Waals surface area contributed by atoms with Gasteiger partial charge in [0, 0.05) is 17.4 Å². The SMILES string of the molecule is Cc1c(Cc2ccccc2)sc(NC(=O)/C=C\c2ccco2)c1C(N)=O. The van der Waals surface area contributed by atoms with Gasteiger partial charge >= 0.3 is 0 Å². The van der Waals surface area contributed by atoms with Crippen LogP contribution >= 0.6 is 11.3 Å². The first kappa shape index (κ1) is 17.7. The van der Waals surface area contributed by atoms with Crippen molar-refractivity contribution >= 4 is 34.2 Å². The van der Waals surface area contributed by atoms with E-state index >= 15 is 0 Å². The predicted molar refractivity (Wildman–Crippen MR) is 103 cm³/mol. The van der Waals surface area contributed by atoms with Gasteiger partial charge in [0.15, 0.2) is 0 Å². The molecule has 0 unspecified atom stereocenters. The Morgan fingerprint density at radius 2 is 1.96 bits per heavy atom. The third-order valence-corrected chi connectivity index (χ3v) is 5.09. The molecule has 0 aliphatic carbocycles. The zero-order chi connectivity index (χ0) is 18.5. The number of benzene rings is 1. The maximum Gasteiger partial charge on any atom is 0.251 e. The summed E-state index contributed by atoms with van der Waals surface area (Å²) in [6, 6.07) is 13.4. The summed E-state index contributed by atoms with van der Waals surface area (Å²) in [5.41, 5.74) is 7.82. The number of furan rings is 1. The number of anilines is 1. The van der Waals surface area contributed by atoms with Crippen molar-refractivity contribution in [3.63, 3.8) is 0 Å². The Bertz CT molecular complexity index is 941. The Balaban J connectivity index is 1.82. The molecule has 0 atom stereocenters. The fraction of sp³-hybridized carbons (Fsp3) is 0.100. The molecular formula is C20H18N2O3S. The lowest BCUT2D eigenvalue weighted by molar-refractivity contribution is -0.111. The van der Waals surface area contributed by atoms with Crippen molar-refractivity contribution in [3.05, 3.63) is 82.1 Å². The molecule has 0 saturated heterocycles. The lowest BCUT2D eigenvalue weighted by atomic mass is 10.1. The molecule has 0 saturated carbocycles. The van der Waals surface area contributed by atoms with Gasteiger partial charge in [-0.3, -0.25) is 9.59 Å². The van der Waals surface area contributed by atoms with Crippen LogP contribution in [0.25, 0.3) is 6.08 Å². The number of thiophene rings is 1. The van der Waals surface area contributed by atoms with Crippen LogP contribution in [0.3, 0.4) is 0 Å². The highest BCUT2D eigenvalue weighted by atomic mass is 32.1. The first-order valence-electron chi connectivity index (χ1n) is 8.03. The fourth-order valence-electron chi connectivity index (χ4n) is 2.59. The zero-order valence-corrected chi connectivity index (χ0v) is 15.0. The van der Waals surface area contributed by atoms with E-state index in [0.29, 0.717) is 22.7 Å². The number of hydrogen-bond donors (Lipinski definition) is 2. The van der Waals surface area contributed by atoms with Crippen molar-refractivity contribution in [3.8, 4) is 0 Å². The Hall–Kier alpha value is -3.12. The second kappa shape index (κ2) is 7.84. The summed E-state index contributed by atoms with van der Waals surface area (Å²) in [6.45, 7) is 1.85. The molecule has 0 fully saturated rings. The summed E-state index contributed by atoms with van der Waals surface area (Å²) in [6.07, 6.45) is 5.12. The van der Waals surface area contributed by atoms with Crippen LogP contribution in [0.15, 0.2) is 59.2 Å². The van der Waals surface area contributed by atoms with Gasteiger partial charge in [-0.15, -0.1) is 11.3 Å². The van der Waals surface area contributed by atoms with Gasteiger partial charge in [-0.2, -0.15) is 0 Å². The van der Waals surface area contributed by atoms with Crippen LogP contribution in [-0.4, -0.2) is 11.8 Å². The molecule has 1 aromatic carbocycles. The van der Waals surface area contributed by atoms with Crippen molar-refractivity contribution in [1.82, 2.24) is 0 Å². The molecule has 5 nitrogen and oxygen atoms in total. The van der Waals surface area contributed by atoms with Crippen LogP contribution in [0.2, 0.25) is 0 Å². The quantitative estimate of drug-likeness (QED) is 0.647. The lowest BCUT2D eigenvalue weighted by Gasteiger charge is -2.02. The first-order chi connectivity index (χ1) is 12.5. The summed E-state index contributed by atoms with van der Waals surface area (Å²) >= 11 is 1.37. The van der Waals surface area contributed by atoms with Crippen molar-refractivity contribution < 1.29 is 14.0 Å². The summed E-state index contributed by atoms with van der Waals surface area (Å²) in [5, 5.41) is 3.22. The Kier molecular flexibility index (Phi) is 5.34. The predicted octanol–water partition coefficient (Wildman–Crippen LogP) is 3.99. The highest BCUT2D eigenvalue weighted by molar-refractivity contribution is 7.17. The smallest absolute Gasteiger partial charge is 0.251 e. The van der Waals surface area contributed by atoms with Gasteiger partial charge in [0.25, 0.3) is 5.91 Å². The van der Waals surface area contributed by atoms with E-state index < -0.39 is 5.91 Å². The second-order valence-electron chi connectivity index (χ2n) is 5.72. The normalized spacial score (nSPS) is 11.0. The monoisotopic (exact) mass is 366 g/mol. The van der Waals surface area contributed by atoms with Crippen molar-refractivity contribution in [2.45, 2.75) is 13.3 Å². The number of nitrogens with one attached hydrogen (secondary N) is 1. The maximum atomic E-state index is 12.2. The molecule has 2 amide bonds. The zero-order valence-electron chi connectivity index (χ0n) is 14.2. The number of nitrogens with two attached hydrogens (primary N) is 1. The molecule has 2 heterocycles. The molecule has 0 radical (unpaired) electrons. The molecule has 0 bridgehead atoms. The van der Waals surface area contributed by atoms with Crippen LogP contribution in [-0.2, 0) is 11.2 Å². The van der Waals surface area contributed by atoms with Crippen LogP contribution in [0.4, 0.5) is 5.00 Å². The number of hydrogen-bond acceptors (Lipinski definition) is 4. The molecule has 26 heavy (non-hydrogen) atoms. The molecule has 0 spiro atoms. The summed E-state index contributed by atoms with van der Waals surface area (Å²) in [7, 11) is 0. The van der Waals surface area contributed by atoms with E-state index in [1.807, 2.05) is 37.3 Å². The minimum absolute atomic E-state index is 0.351. The van der Waals surface area contributed by atoms with E-state index in [9.17, 15) is 9.59 Å². The number of rotatable bonds is 6. The molecular weight excluding hydrogens is 348 g/mol. The third-order valence-electron chi connectivity index (χ3n) is 3.88. The fourth-order valence-corrected chi connectivity index (χ4v) is 3.84. The van der Waals surface area contributed by atoms with E-state index in [1.54, 1.807) is 18.2 Å². The lowest BCUT2D eigenvalue weighted by Crippen LogP contribution is -2.16. The van der Waals surface area contributed by atoms with Gasteiger partial charge in [-0.1, -0.05) is 30.3 Å². The molecule has 0 aliphatic rings. The highest BCUT2D eigenvalue weighted by Crippen LogP contribution is 2.34. The highest BCUT2D eigenvalue weighted by Gasteiger charge is 2.20. The third kappa shape index (κ3) is 4.10. The van der Waals surface area contributed by atoms with E-state index in [1.165, 1.54) is 23.7 Å². The topological polar surface area (TPSA) is 85.3 Å². The average molecular weight is 366 g/mol. The van der Waals surface area contributed by atoms with Gasteiger partial charge < -0.3 is 15.5 Å². The minimum Gasteiger partial charge on any atom is -0.465 e. The summed E-state index contributed by atoms with van der Waals surface area (Å²) in [5.74, 6) is -0.331. The van der Waals surface area contributed by atoms with Crippen LogP contribution in [0.5, 0.6) is 0 Å². The number of carbonyl (C=O) groups excluding carboxylic acids is 2. The van der Waals surface area contributed by atoms with E-state index in [0.717, 1.165) is 16.0 Å². The van der Waals surface area contributed by atoms with Gasteiger partial charge in [0.2, 0.25) is 5.91 Å². The Morgan fingerprint density at radius 1 is 1.19 bits per heavy atom. The maximum absolute atomic E-state index is 12.2. The van der Waals surface area contributed by atoms with E-state index in [2.05, 4.69) is 5.32 Å². The largest absolute Gasteiger partial charge is 0.465 e. The second-order valence-corrected chi connectivity index (χ2v) is 6.82. The van der Waals surface area contributed by atoms with Crippen LogP contribution in [0.1, 0.15) is 32.1 Å². The average Bonchev–Trinajstić information content (AvgIpc) is 3.23. The van der Waals surface area contributed by atoms with Gasteiger partial charge in [0.1, 0.15) is 10.8 Å². The Morgan fingerprint density at radius 3 is 2.62 bits per heavy atom. The minimum atomic E-state index is -0.552. The standard InChI is InChI=1S/C20H18N2O3S/c1-13-16(12-14-6-3-2-4-7-14)26-20(18(13)19(21)24)22-17(23)10-9-15-8-5-11-25-15/h2-11H,12H2,1H3,(H2,21,24)(H,22,23)/b10-9-. The molecule has 3 rings (SSSR count). The Labute approximate surface area is 155 Å². The molecule has 6 heteroatoms. The number of carbonyl (C=O) groups is 2. The van der Waals surface area contributed by atoms with Gasteiger partial charge in [-0.05, 0) is 36.3 Å². The number of amides is 2. The first-order valence-corrected chi connectivity index (χ1v) is 8.85. The van der Waals surface area contributed by atoms with Gasteiger partial charge in [0.05, 0.1) is 11.8 Å². The van der Waals surface area contributed by atoms with E-state index in [4.69, 9.17) is 10.2 Å². The summed E-state index contributed by atoms with van der Waals surface area (Å²) in [4.78, 5) is 25.1. The number of primary amides is 1. The van der Waals surface area contributed by atoms with Crippen molar-refractivity contribution in [1.29, 1.82) is 0 Å². The molecule has 3 aromatic rings. The van der Waals surface area contributed by atoms with Crippen LogP contribution in [0, 0.1) is 6.92 Å². The van der Waals surface area contributed by atoms with Crippen molar-refractivity contribution in [2.75, 3.05) is 5.32 Å². The molecule has 132 valence electrons.